The van der Waals surface area contributed by atoms with Gasteiger partial charge in [0.05, 0.1) is 16.9 Å². The monoisotopic (exact) mass is 456 g/mol. The van der Waals surface area contributed by atoms with Crippen LogP contribution in [-0.2, 0) is 21.4 Å². The van der Waals surface area contributed by atoms with Gasteiger partial charge in [0.25, 0.3) is 15.9 Å². The molecule has 8 nitrogen and oxygen atoms in total. The van der Waals surface area contributed by atoms with E-state index in [9.17, 15) is 13.2 Å². The summed E-state index contributed by atoms with van der Waals surface area (Å²) in [5, 5.41) is 2.81. The van der Waals surface area contributed by atoms with Crippen molar-refractivity contribution in [3.63, 3.8) is 0 Å². The lowest BCUT2D eigenvalue weighted by atomic mass is 10.2. The van der Waals surface area contributed by atoms with Gasteiger partial charge in [-0.2, -0.15) is 0 Å². The molecule has 3 rings (SSSR count). The molecule has 9 heteroatoms. The predicted molar refractivity (Wildman–Crippen MR) is 123 cm³/mol. The van der Waals surface area contributed by atoms with Gasteiger partial charge >= 0.3 is 0 Å². The number of aromatic nitrogens is 2. The number of carbonyl (C=O) groups is 1. The highest BCUT2D eigenvalue weighted by Gasteiger charge is 2.23. The van der Waals surface area contributed by atoms with Crippen molar-refractivity contribution in [1.82, 2.24) is 14.9 Å². The van der Waals surface area contributed by atoms with Crippen LogP contribution < -0.4 is 14.4 Å². The Hall–Kier alpha value is -3.33. The average Bonchev–Trinajstić information content (AvgIpc) is 3.30. The molecule has 0 atom stereocenters. The summed E-state index contributed by atoms with van der Waals surface area (Å²) in [6.45, 7) is 5.20. The maximum Gasteiger partial charge on any atom is 0.264 e. The van der Waals surface area contributed by atoms with Crippen LogP contribution >= 0.6 is 0 Å². The third kappa shape index (κ3) is 6.10. The molecule has 0 bridgehead atoms. The van der Waals surface area contributed by atoms with Gasteiger partial charge in [-0.15, -0.1) is 0 Å². The Bertz CT molecular complexity index is 1100. The zero-order chi connectivity index (χ0) is 23.0. The molecule has 0 unspecified atom stereocenters. The summed E-state index contributed by atoms with van der Waals surface area (Å²) in [6, 6.07) is 13.4. The number of imidazole rings is 1. The van der Waals surface area contributed by atoms with Gasteiger partial charge in [-0.05, 0) is 56.7 Å². The lowest BCUT2D eigenvalue weighted by Gasteiger charge is -2.23. The van der Waals surface area contributed by atoms with Crippen LogP contribution in [0.2, 0.25) is 0 Å². The van der Waals surface area contributed by atoms with Gasteiger partial charge in [0.1, 0.15) is 5.75 Å². The van der Waals surface area contributed by atoms with Crippen LogP contribution in [0.4, 0.5) is 5.69 Å². The number of carbonyl (C=O) groups excluding carboxylic acids is 1. The van der Waals surface area contributed by atoms with Crippen LogP contribution in [0.1, 0.15) is 18.9 Å². The molecule has 0 aliphatic carbocycles. The minimum atomic E-state index is -3.67. The smallest absolute Gasteiger partial charge is 0.264 e. The average molecular weight is 457 g/mol. The summed E-state index contributed by atoms with van der Waals surface area (Å²) in [5.41, 5.74) is 1.53. The molecule has 0 radical (unpaired) electrons. The number of anilines is 1. The summed E-state index contributed by atoms with van der Waals surface area (Å²) in [7, 11) is -3.67. The summed E-state index contributed by atoms with van der Waals surface area (Å²) in [4.78, 5) is 16.2. The predicted octanol–water partition coefficient (Wildman–Crippen LogP) is 2.99. The van der Waals surface area contributed by atoms with E-state index in [2.05, 4.69) is 10.3 Å². The molecular formula is C23H28N4O4S. The summed E-state index contributed by atoms with van der Waals surface area (Å²) in [5.74, 6) is 0.281. The molecule has 0 saturated heterocycles. The molecule has 0 aliphatic heterocycles. The molecule has 3 aromatic rings. The van der Waals surface area contributed by atoms with Gasteiger partial charge in [0, 0.05) is 32.0 Å². The van der Waals surface area contributed by atoms with E-state index in [1.54, 1.807) is 68.0 Å². The van der Waals surface area contributed by atoms with Gasteiger partial charge in [0.2, 0.25) is 0 Å². The van der Waals surface area contributed by atoms with Crippen LogP contribution in [0, 0.1) is 6.92 Å². The van der Waals surface area contributed by atoms with Gasteiger partial charge in [-0.25, -0.2) is 13.4 Å². The molecule has 0 spiro atoms. The zero-order valence-electron chi connectivity index (χ0n) is 18.3. The van der Waals surface area contributed by atoms with E-state index >= 15 is 0 Å². The van der Waals surface area contributed by atoms with Crippen molar-refractivity contribution in [2.45, 2.75) is 31.7 Å². The van der Waals surface area contributed by atoms with Crippen LogP contribution in [0.5, 0.6) is 5.75 Å². The van der Waals surface area contributed by atoms with E-state index in [4.69, 9.17) is 4.74 Å². The number of nitrogens with one attached hydrogen (secondary N) is 1. The number of ether oxygens (including phenoxy) is 1. The van der Waals surface area contributed by atoms with E-state index in [1.807, 2.05) is 17.7 Å². The van der Waals surface area contributed by atoms with Crippen molar-refractivity contribution in [2.24, 2.45) is 0 Å². The van der Waals surface area contributed by atoms with E-state index < -0.39 is 10.0 Å². The minimum absolute atomic E-state index is 0.108. The van der Waals surface area contributed by atoms with Crippen LogP contribution in [0.3, 0.4) is 0 Å². The maximum absolute atomic E-state index is 13.0. The Morgan fingerprint density at radius 1 is 1.12 bits per heavy atom. The zero-order valence-corrected chi connectivity index (χ0v) is 19.1. The fraction of sp³-hybridized carbons (Fsp3) is 0.304. The molecule has 2 aromatic carbocycles. The van der Waals surface area contributed by atoms with Gasteiger partial charge < -0.3 is 14.6 Å². The lowest BCUT2D eigenvalue weighted by Crippen LogP contribution is -2.31. The molecule has 0 saturated carbocycles. The Morgan fingerprint density at radius 3 is 2.47 bits per heavy atom. The van der Waals surface area contributed by atoms with E-state index in [0.717, 1.165) is 18.5 Å². The first-order chi connectivity index (χ1) is 15.4. The van der Waals surface area contributed by atoms with E-state index in [-0.39, 0.29) is 24.0 Å². The summed E-state index contributed by atoms with van der Waals surface area (Å²) in [6.07, 6.45) is 6.12. The first-order valence-electron chi connectivity index (χ1n) is 10.4. The summed E-state index contributed by atoms with van der Waals surface area (Å²) < 4.78 is 34.8. The van der Waals surface area contributed by atoms with E-state index in [1.165, 1.54) is 4.31 Å². The fourth-order valence-electron chi connectivity index (χ4n) is 3.15. The van der Waals surface area contributed by atoms with Crippen LogP contribution in [0.15, 0.2) is 72.1 Å². The number of nitrogens with zero attached hydrogens (tertiary/aromatic N) is 3. The van der Waals surface area contributed by atoms with Crippen molar-refractivity contribution < 1.29 is 17.9 Å². The van der Waals surface area contributed by atoms with Crippen molar-refractivity contribution in [3.8, 4) is 5.75 Å². The Morgan fingerprint density at radius 2 is 1.84 bits per heavy atom. The lowest BCUT2D eigenvalue weighted by molar-refractivity contribution is -0.123. The summed E-state index contributed by atoms with van der Waals surface area (Å²) >= 11 is 0. The number of hydrogen-bond acceptors (Lipinski definition) is 5. The van der Waals surface area contributed by atoms with Crippen LogP contribution in [0.25, 0.3) is 0 Å². The molecule has 170 valence electrons. The second kappa shape index (κ2) is 10.8. The van der Waals surface area contributed by atoms with Crippen molar-refractivity contribution >= 4 is 21.6 Å². The molecule has 1 aromatic heterocycles. The molecule has 0 fully saturated rings. The fourth-order valence-corrected chi connectivity index (χ4v) is 4.62. The highest BCUT2D eigenvalue weighted by molar-refractivity contribution is 7.92. The van der Waals surface area contributed by atoms with Gasteiger partial charge in [0.15, 0.2) is 6.61 Å². The Kier molecular flexibility index (Phi) is 7.88. The molecule has 0 aliphatic rings. The Labute approximate surface area is 188 Å². The molecular weight excluding hydrogens is 428 g/mol. The highest BCUT2D eigenvalue weighted by atomic mass is 32.2. The SMILES string of the molecule is CCN(c1ccc(OCC(=O)NCCCn2ccnc2)cc1)S(=O)(=O)c1ccc(C)cc1. The minimum Gasteiger partial charge on any atom is -0.484 e. The quantitative estimate of drug-likeness (QED) is 0.448. The molecule has 32 heavy (non-hydrogen) atoms. The first kappa shape index (κ1) is 23.3. The number of aryl methyl sites for hydroxylation is 2. The number of amides is 1. The largest absolute Gasteiger partial charge is 0.484 e. The number of rotatable bonds is 11. The number of benzene rings is 2. The van der Waals surface area contributed by atoms with Crippen LogP contribution in [-0.4, -0.2) is 43.6 Å². The van der Waals surface area contributed by atoms with Gasteiger partial charge in [-0.3, -0.25) is 9.10 Å². The molecule has 1 amide bonds. The second-order valence-electron chi connectivity index (χ2n) is 7.27. The standard InChI is InChI=1S/C23H28N4O4S/c1-3-27(32(29,30)22-11-5-19(2)6-12-22)20-7-9-21(10-8-20)31-17-23(28)25-13-4-15-26-16-14-24-18-26/h5-12,14,16,18H,3-4,13,15,17H2,1-2H3,(H,25,28). The maximum atomic E-state index is 13.0. The third-order valence-electron chi connectivity index (χ3n) is 4.87. The van der Waals surface area contributed by atoms with Crippen molar-refractivity contribution in [2.75, 3.05) is 24.0 Å². The molecule has 1 N–H and O–H groups in total. The number of sulfonamides is 1. The van der Waals surface area contributed by atoms with E-state index in [0.29, 0.717) is 18.0 Å². The Balaban J connectivity index is 1.52. The number of hydrogen-bond donors (Lipinski definition) is 1. The highest BCUT2D eigenvalue weighted by Crippen LogP contribution is 2.25. The van der Waals surface area contributed by atoms with Crippen molar-refractivity contribution in [1.29, 1.82) is 0 Å². The second-order valence-corrected chi connectivity index (χ2v) is 9.13. The first-order valence-corrected chi connectivity index (χ1v) is 11.9. The van der Waals surface area contributed by atoms with Gasteiger partial charge in [-0.1, -0.05) is 17.7 Å². The van der Waals surface area contributed by atoms with Crippen molar-refractivity contribution in [3.05, 3.63) is 72.8 Å². The molecule has 1 heterocycles. The third-order valence-corrected chi connectivity index (χ3v) is 6.78. The normalized spacial score (nSPS) is 11.2. The topological polar surface area (TPSA) is 93.5 Å².